The van der Waals surface area contributed by atoms with Crippen molar-refractivity contribution in [2.45, 2.75) is 6.92 Å². The highest BCUT2D eigenvalue weighted by Gasteiger charge is 2.08. The molecule has 0 radical (unpaired) electrons. The number of aryl methyl sites for hydroxylation is 1. The number of carboxylic acid groups (broad SMARTS) is 1. The third kappa shape index (κ3) is 4.27. The SMILES string of the molecule is Cc1cnc(C(=O)Nc2cccc(OCC(=O)O)c2)cn1. The van der Waals surface area contributed by atoms with Gasteiger partial charge >= 0.3 is 5.97 Å². The molecule has 1 heterocycles. The van der Waals surface area contributed by atoms with Crippen molar-refractivity contribution < 1.29 is 19.4 Å². The van der Waals surface area contributed by atoms with E-state index in [-0.39, 0.29) is 5.69 Å². The van der Waals surface area contributed by atoms with Gasteiger partial charge in [-0.15, -0.1) is 0 Å². The zero-order valence-electron chi connectivity index (χ0n) is 11.2. The summed E-state index contributed by atoms with van der Waals surface area (Å²) in [7, 11) is 0. The van der Waals surface area contributed by atoms with Crippen LogP contribution in [0.25, 0.3) is 0 Å². The Hall–Kier alpha value is -2.96. The van der Waals surface area contributed by atoms with Crippen molar-refractivity contribution in [2.24, 2.45) is 0 Å². The van der Waals surface area contributed by atoms with E-state index in [4.69, 9.17) is 9.84 Å². The van der Waals surface area contributed by atoms with E-state index >= 15 is 0 Å². The lowest BCUT2D eigenvalue weighted by Gasteiger charge is -2.07. The molecule has 0 saturated carbocycles. The van der Waals surface area contributed by atoms with E-state index in [1.807, 2.05) is 0 Å². The Bertz CT molecular complexity index is 656. The Labute approximate surface area is 120 Å². The third-order valence-corrected chi connectivity index (χ3v) is 2.47. The summed E-state index contributed by atoms with van der Waals surface area (Å²) in [5.74, 6) is -1.12. The first-order chi connectivity index (χ1) is 10.0. The fraction of sp³-hybridized carbons (Fsp3) is 0.143. The number of amides is 1. The normalized spacial score (nSPS) is 9.95. The Morgan fingerprint density at radius 3 is 2.76 bits per heavy atom. The topological polar surface area (TPSA) is 101 Å². The van der Waals surface area contributed by atoms with Gasteiger partial charge in [0, 0.05) is 18.0 Å². The van der Waals surface area contributed by atoms with Crippen LogP contribution < -0.4 is 10.1 Å². The molecule has 108 valence electrons. The van der Waals surface area contributed by atoms with Crippen LogP contribution in [0.5, 0.6) is 5.75 Å². The molecule has 7 nitrogen and oxygen atoms in total. The monoisotopic (exact) mass is 287 g/mol. The molecular formula is C14H13N3O4. The number of anilines is 1. The molecule has 1 aromatic heterocycles. The maximum atomic E-state index is 12.0. The maximum absolute atomic E-state index is 12.0. The molecule has 2 rings (SSSR count). The number of ether oxygens (including phenoxy) is 1. The summed E-state index contributed by atoms with van der Waals surface area (Å²) in [6, 6.07) is 6.44. The molecule has 0 spiro atoms. The highest BCUT2D eigenvalue weighted by molar-refractivity contribution is 6.02. The molecule has 0 aliphatic carbocycles. The van der Waals surface area contributed by atoms with Crippen molar-refractivity contribution in [1.82, 2.24) is 9.97 Å². The molecule has 21 heavy (non-hydrogen) atoms. The smallest absolute Gasteiger partial charge is 0.341 e. The number of aliphatic carboxylic acids is 1. The molecule has 0 fully saturated rings. The summed E-state index contributed by atoms with van der Waals surface area (Å²) in [6.45, 7) is 1.33. The Morgan fingerprint density at radius 2 is 2.10 bits per heavy atom. The van der Waals surface area contributed by atoms with Crippen molar-refractivity contribution in [1.29, 1.82) is 0 Å². The number of hydrogen-bond donors (Lipinski definition) is 2. The summed E-state index contributed by atoms with van der Waals surface area (Å²) < 4.78 is 5.03. The largest absolute Gasteiger partial charge is 0.482 e. The minimum absolute atomic E-state index is 0.192. The van der Waals surface area contributed by atoms with Crippen LogP contribution in [0.1, 0.15) is 16.2 Å². The van der Waals surface area contributed by atoms with Crippen LogP contribution in [0, 0.1) is 6.92 Å². The maximum Gasteiger partial charge on any atom is 0.341 e. The van der Waals surface area contributed by atoms with Gasteiger partial charge in [0.1, 0.15) is 11.4 Å². The minimum atomic E-state index is -1.07. The fourth-order valence-electron chi connectivity index (χ4n) is 1.51. The first-order valence-electron chi connectivity index (χ1n) is 6.09. The highest BCUT2D eigenvalue weighted by atomic mass is 16.5. The molecular weight excluding hydrogens is 274 g/mol. The molecule has 0 aliphatic heterocycles. The first-order valence-corrected chi connectivity index (χ1v) is 6.09. The van der Waals surface area contributed by atoms with Gasteiger partial charge in [-0.25, -0.2) is 9.78 Å². The lowest BCUT2D eigenvalue weighted by Crippen LogP contribution is -2.14. The van der Waals surface area contributed by atoms with Gasteiger partial charge in [-0.1, -0.05) is 6.07 Å². The molecule has 0 bridgehead atoms. The van der Waals surface area contributed by atoms with Crippen molar-refractivity contribution in [3.8, 4) is 5.75 Å². The molecule has 2 aromatic rings. The molecule has 1 amide bonds. The van der Waals surface area contributed by atoms with Crippen LogP contribution in [0.3, 0.4) is 0 Å². The van der Waals surface area contributed by atoms with E-state index in [0.717, 1.165) is 5.69 Å². The predicted octanol–water partition coefficient (Wildman–Crippen LogP) is 1.50. The van der Waals surface area contributed by atoms with Crippen molar-refractivity contribution in [2.75, 3.05) is 11.9 Å². The van der Waals surface area contributed by atoms with Gasteiger partial charge in [-0.2, -0.15) is 0 Å². The zero-order valence-corrected chi connectivity index (χ0v) is 11.2. The average Bonchev–Trinajstić information content (AvgIpc) is 2.46. The number of nitrogens with zero attached hydrogens (tertiary/aromatic N) is 2. The molecule has 0 atom stereocenters. The van der Waals surface area contributed by atoms with E-state index in [0.29, 0.717) is 11.4 Å². The fourth-order valence-corrected chi connectivity index (χ4v) is 1.51. The van der Waals surface area contributed by atoms with Crippen LogP contribution in [-0.2, 0) is 4.79 Å². The second-order valence-electron chi connectivity index (χ2n) is 4.21. The summed E-state index contributed by atoms with van der Waals surface area (Å²) in [5.41, 5.74) is 1.39. The van der Waals surface area contributed by atoms with E-state index < -0.39 is 18.5 Å². The van der Waals surface area contributed by atoms with Gasteiger partial charge in [0.25, 0.3) is 5.91 Å². The number of aromatic nitrogens is 2. The number of carbonyl (C=O) groups is 2. The lowest BCUT2D eigenvalue weighted by atomic mass is 10.3. The van der Waals surface area contributed by atoms with Crippen LogP contribution in [0.15, 0.2) is 36.7 Å². The quantitative estimate of drug-likeness (QED) is 0.864. The standard InChI is InChI=1S/C14H13N3O4/c1-9-6-16-12(7-15-9)14(20)17-10-3-2-4-11(5-10)21-8-13(18)19/h2-7H,8H2,1H3,(H,17,20)(H,18,19). The third-order valence-electron chi connectivity index (χ3n) is 2.47. The zero-order chi connectivity index (χ0) is 15.2. The molecule has 0 unspecified atom stereocenters. The van der Waals surface area contributed by atoms with E-state index in [9.17, 15) is 9.59 Å². The van der Waals surface area contributed by atoms with Crippen LogP contribution in [-0.4, -0.2) is 33.6 Å². The number of benzene rings is 1. The Morgan fingerprint density at radius 1 is 1.29 bits per heavy atom. The van der Waals surface area contributed by atoms with Crippen LogP contribution in [0.2, 0.25) is 0 Å². The van der Waals surface area contributed by atoms with E-state index in [1.165, 1.54) is 18.5 Å². The van der Waals surface area contributed by atoms with Gasteiger partial charge in [-0.3, -0.25) is 9.78 Å². The lowest BCUT2D eigenvalue weighted by molar-refractivity contribution is -0.139. The number of hydrogen-bond acceptors (Lipinski definition) is 5. The van der Waals surface area contributed by atoms with Gasteiger partial charge < -0.3 is 15.2 Å². The molecule has 0 aliphatic rings. The number of carboxylic acids is 1. The second-order valence-corrected chi connectivity index (χ2v) is 4.21. The highest BCUT2D eigenvalue weighted by Crippen LogP contribution is 2.17. The molecule has 1 aromatic carbocycles. The van der Waals surface area contributed by atoms with E-state index in [2.05, 4.69) is 15.3 Å². The van der Waals surface area contributed by atoms with E-state index in [1.54, 1.807) is 25.1 Å². The molecule has 0 saturated heterocycles. The number of nitrogens with one attached hydrogen (secondary N) is 1. The summed E-state index contributed by atoms with van der Waals surface area (Å²) in [4.78, 5) is 30.4. The summed E-state index contributed by atoms with van der Waals surface area (Å²) in [5, 5.41) is 11.2. The molecule has 7 heteroatoms. The van der Waals surface area contributed by atoms with Crippen LogP contribution >= 0.6 is 0 Å². The van der Waals surface area contributed by atoms with Gasteiger partial charge in [-0.05, 0) is 19.1 Å². The minimum Gasteiger partial charge on any atom is -0.482 e. The van der Waals surface area contributed by atoms with Gasteiger partial charge in [0.15, 0.2) is 6.61 Å². The number of rotatable bonds is 5. The van der Waals surface area contributed by atoms with Crippen molar-refractivity contribution in [3.63, 3.8) is 0 Å². The van der Waals surface area contributed by atoms with Crippen LogP contribution in [0.4, 0.5) is 5.69 Å². The van der Waals surface area contributed by atoms with Gasteiger partial charge in [0.05, 0.1) is 11.9 Å². The molecule has 2 N–H and O–H groups in total. The summed E-state index contributed by atoms with van der Waals surface area (Å²) in [6.07, 6.45) is 2.89. The van der Waals surface area contributed by atoms with Gasteiger partial charge in [0.2, 0.25) is 0 Å². The average molecular weight is 287 g/mol. The summed E-state index contributed by atoms with van der Waals surface area (Å²) >= 11 is 0. The van der Waals surface area contributed by atoms with Crippen molar-refractivity contribution in [3.05, 3.63) is 48.0 Å². The second kappa shape index (κ2) is 6.47. The predicted molar refractivity (Wildman–Crippen MR) is 74.3 cm³/mol. The number of carbonyl (C=O) groups excluding carboxylic acids is 1. The Kier molecular flexibility index (Phi) is 4.45. The first kappa shape index (κ1) is 14.4. The Balaban J connectivity index is 2.05. The van der Waals surface area contributed by atoms with Crippen molar-refractivity contribution >= 4 is 17.6 Å².